The topological polar surface area (TPSA) is 59.8 Å². The fraction of sp³-hybridized carbons (Fsp3) is 0.250. The first kappa shape index (κ1) is 16.7. The molecule has 0 aliphatic carbocycles. The van der Waals surface area contributed by atoms with Gasteiger partial charge in [0.15, 0.2) is 0 Å². The Morgan fingerprint density at radius 2 is 1.91 bits per heavy atom. The third kappa shape index (κ3) is 3.56. The van der Waals surface area contributed by atoms with E-state index >= 15 is 0 Å². The summed E-state index contributed by atoms with van der Waals surface area (Å²) in [5.41, 5.74) is -0.121. The van der Waals surface area contributed by atoms with Crippen molar-refractivity contribution in [2.45, 2.75) is 13.5 Å². The zero-order chi connectivity index (χ0) is 17.1. The van der Waals surface area contributed by atoms with E-state index in [-0.39, 0.29) is 17.7 Å². The smallest absolute Gasteiger partial charge is 0.341 e. The van der Waals surface area contributed by atoms with Gasteiger partial charge < -0.3 is 14.1 Å². The minimum absolute atomic E-state index is 0.00732. The molecule has 1 amide bonds. The Kier molecular flexibility index (Phi) is 4.78. The van der Waals surface area contributed by atoms with Crippen LogP contribution in [0.5, 0.6) is 0 Å². The summed E-state index contributed by atoms with van der Waals surface area (Å²) in [6.45, 7) is 1.58. The Bertz CT molecular complexity index is 755. The predicted molar refractivity (Wildman–Crippen MR) is 76.9 cm³/mol. The highest BCUT2D eigenvalue weighted by Crippen LogP contribution is 2.18. The monoisotopic (exact) mass is 323 g/mol. The van der Waals surface area contributed by atoms with Gasteiger partial charge in [-0.3, -0.25) is 4.79 Å². The molecule has 0 spiro atoms. The normalized spacial score (nSPS) is 10.5. The number of methoxy groups -OCH3 is 1. The zero-order valence-electron chi connectivity index (χ0n) is 12.9. The molecule has 1 aromatic heterocycles. The third-order valence-corrected chi connectivity index (χ3v) is 3.27. The van der Waals surface area contributed by atoms with Crippen LogP contribution in [-0.2, 0) is 11.3 Å². The molecule has 0 saturated carbocycles. The maximum atomic E-state index is 13.6. The molecule has 23 heavy (non-hydrogen) atoms. The lowest BCUT2D eigenvalue weighted by atomic mass is 10.1. The van der Waals surface area contributed by atoms with Gasteiger partial charge in [0, 0.05) is 7.05 Å². The lowest BCUT2D eigenvalue weighted by molar-refractivity contribution is 0.0598. The lowest BCUT2D eigenvalue weighted by Crippen LogP contribution is -2.27. The molecule has 0 aliphatic heterocycles. The molecule has 0 atom stereocenters. The number of aryl methyl sites for hydroxylation is 1. The van der Waals surface area contributed by atoms with Gasteiger partial charge in [-0.25, -0.2) is 13.6 Å². The van der Waals surface area contributed by atoms with Crippen LogP contribution >= 0.6 is 0 Å². The number of halogens is 2. The average molecular weight is 323 g/mol. The number of carbonyl (C=O) groups is 2. The van der Waals surface area contributed by atoms with Crippen molar-refractivity contribution in [3.63, 3.8) is 0 Å². The van der Waals surface area contributed by atoms with Gasteiger partial charge in [0.05, 0.1) is 19.2 Å². The summed E-state index contributed by atoms with van der Waals surface area (Å²) in [5.74, 6) is -2.09. The Hall–Kier alpha value is -2.70. The van der Waals surface area contributed by atoms with E-state index in [1.807, 2.05) is 0 Å². The van der Waals surface area contributed by atoms with E-state index in [2.05, 4.69) is 4.74 Å². The molecule has 7 heteroatoms. The Morgan fingerprint density at radius 3 is 2.57 bits per heavy atom. The first-order valence-corrected chi connectivity index (χ1v) is 6.71. The SMILES string of the molecule is COC(=O)c1cc(CN(C)C(=O)c2cc(F)ccc2F)oc1C. The number of esters is 1. The molecule has 122 valence electrons. The molecule has 0 aliphatic rings. The largest absolute Gasteiger partial charge is 0.465 e. The van der Waals surface area contributed by atoms with Crippen molar-refractivity contribution in [1.82, 2.24) is 4.90 Å². The molecule has 0 unspecified atom stereocenters. The minimum atomic E-state index is -0.811. The Morgan fingerprint density at radius 1 is 1.22 bits per heavy atom. The standard InChI is InChI=1S/C16H15F2NO4/c1-9-12(16(21)22-3)7-11(23-9)8-19(2)15(20)13-6-10(17)4-5-14(13)18/h4-7H,8H2,1-3H3. The fourth-order valence-corrected chi connectivity index (χ4v) is 2.11. The van der Waals surface area contributed by atoms with E-state index in [9.17, 15) is 18.4 Å². The second kappa shape index (κ2) is 6.60. The molecule has 0 radical (unpaired) electrons. The van der Waals surface area contributed by atoms with Crippen LogP contribution in [0.2, 0.25) is 0 Å². The number of rotatable bonds is 4. The minimum Gasteiger partial charge on any atom is -0.465 e. The van der Waals surface area contributed by atoms with Crippen molar-refractivity contribution in [3.8, 4) is 0 Å². The number of ether oxygens (including phenoxy) is 1. The van der Waals surface area contributed by atoms with Crippen LogP contribution < -0.4 is 0 Å². The van der Waals surface area contributed by atoms with Crippen molar-refractivity contribution in [2.75, 3.05) is 14.2 Å². The van der Waals surface area contributed by atoms with Gasteiger partial charge in [-0.15, -0.1) is 0 Å². The summed E-state index contributed by atoms with van der Waals surface area (Å²) in [5, 5.41) is 0. The van der Waals surface area contributed by atoms with E-state index < -0.39 is 23.5 Å². The van der Waals surface area contributed by atoms with E-state index in [0.29, 0.717) is 11.5 Å². The van der Waals surface area contributed by atoms with Gasteiger partial charge in [0.1, 0.15) is 28.7 Å². The molecular weight excluding hydrogens is 308 g/mol. The number of furan rings is 1. The molecule has 0 N–H and O–H groups in total. The van der Waals surface area contributed by atoms with E-state index in [1.165, 1.54) is 20.2 Å². The van der Waals surface area contributed by atoms with Crippen LogP contribution in [0.1, 0.15) is 32.2 Å². The molecule has 5 nitrogen and oxygen atoms in total. The highest BCUT2D eigenvalue weighted by molar-refractivity contribution is 5.94. The zero-order valence-corrected chi connectivity index (χ0v) is 12.9. The van der Waals surface area contributed by atoms with E-state index in [0.717, 1.165) is 23.1 Å². The third-order valence-electron chi connectivity index (χ3n) is 3.27. The number of nitrogens with zero attached hydrogens (tertiary/aromatic N) is 1. The van der Waals surface area contributed by atoms with Gasteiger partial charge in [0.2, 0.25) is 0 Å². The van der Waals surface area contributed by atoms with Crippen LogP contribution in [0.3, 0.4) is 0 Å². The van der Waals surface area contributed by atoms with Gasteiger partial charge >= 0.3 is 5.97 Å². The summed E-state index contributed by atoms with van der Waals surface area (Å²) in [4.78, 5) is 24.9. The summed E-state index contributed by atoms with van der Waals surface area (Å²) >= 11 is 0. The van der Waals surface area contributed by atoms with Crippen molar-refractivity contribution in [1.29, 1.82) is 0 Å². The number of amides is 1. The van der Waals surface area contributed by atoms with Gasteiger partial charge in [-0.1, -0.05) is 0 Å². The van der Waals surface area contributed by atoms with Gasteiger partial charge in [0.25, 0.3) is 5.91 Å². The van der Waals surface area contributed by atoms with Crippen LogP contribution in [0.25, 0.3) is 0 Å². The molecule has 0 saturated heterocycles. The molecule has 2 rings (SSSR count). The van der Waals surface area contributed by atoms with Crippen molar-refractivity contribution in [3.05, 3.63) is 58.5 Å². The number of hydrogen-bond donors (Lipinski definition) is 0. The average Bonchev–Trinajstić information content (AvgIpc) is 2.88. The van der Waals surface area contributed by atoms with Gasteiger partial charge in [-0.2, -0.15) is 0 Å². The van der Waals surface area contributed by atoms with Crippen LogP contribution in [0, 0.1) is 18.6 Å². The fourth-order valence-electron chi connectivity index (χ4n) is 2.11. The summed E-state index contributed by atoms with van der Waals surface area (Å²) < 4.78 is 36.8. The number of benzene rings is 1. The van der Waals surface area contributed by atoms with Crippen molar-refractivity contribution >= 4 is 11.9 Å². The molecule has 1 heterocycles. The maximum Gasteiger partial charge on any atom is 0.341 e. The summed E-state index contributed by atoms with van der Waals surface area (Å²) in [6.07, 6.45) is 0. The van der Waals surface area contributed by atoms with Crippen LogP contribution in [0.4, 0.5) is 8.78 Å². The lowest BCUT2D eigenvalue weighted by Gasteiger charge is -2.16. The first-order chi connectivity index (χ1) is 10.8. The van der Waals surface area contributed by atoms with E-state index in [1.54, 1.807) is 6.92 Å². The molecule has 0 bridgehead atoms. The Balaban J connectivity index is 2.18. The number of hydrogen-bond acceptors (Lipinski definition) is 4. The first-order valence-electron chi connectivity index (χ1n) is 6.71. The van der Waals surface area contributed by atoms with Crippen LogP contribution in [0.15, 0.2) is 28.7 Å². The van der Waals surface area contributed by atoms with Gasteiger partial charge in [-0.05, 0) is 31.2 Å². The maximum absolute atomic E-state index is 13.6. The van der Waals surface area contributed by atoms with Crippen molar-refractivity contribution < 1.29 is 27.5 Å². The molecular formula is C16H15F2NO4. The highest BCUT2D eigenvalue weighted by Gasteiger charge is 2.20. The highest BCUT2D eigenvalue weighted by atomic mass is 19.1. The second-order valence-electron chi connectivity index (χ2n) is 4.96. The summed E-state index contributed by atoms with van der Waals surface area (Å²) in [7, 11) is 2.67. The number of carbonyl (C=O) groups excluding carboxylic acids is 2. The van der Waals surface area contributed by atoms with Crippen LogP contribution in [-0.4, -0.2) is 30.9 Å². The molecule has 1 aromatic carbocycles. The predicted octanol–water partition coefficient (Wildman–Crippen LogP) is 2.93. The van der Waals surface area contributed by atoms with Crippen molar-refractivity contribution in [2.24, 2.45) is 0 Å². The molecule has 2 aromatic rings. The second-order valence-corrected chi connectivity index (χ2v) is 4.96. The molecule has 0 fully saturated rings. The Labute approximate surface area is 131 Å². The summed E-state index contributed by atoms with van der Waals surface area (Å²) in [6, 6.07) is 4.11. The van der Waals surface area contributed by atoms with E-state index in [4.69, 9.17) is 4.42 Å². The quantitative estimate of drug-likeness (QED) is 0.812.